The molecule has 3 heterocycles. The van der Waals surface area contributed by atoms with Crippen molar-refractivity contribution in [2.24, 2.45) is 4.99 Å². The van der Waals surface area contributed by atoms with Crippen molar-refractivity contribution in [3.05, 3.63) is 0 Å². The van der Waals surface area contributed by atoms with E-state index in [9.17, 15) is 30.6 Å². The molecule has 0 unspecified atom stereocenters. The fourth-order valence-corrected chi connectivity index (χ4v) is 2.99. The van der Waals surface area contributed by atoms with E-state index in [2.05, 4.69) is 4.99 Å². The van der Waals surface area contributed by atoms with E-state index < -0.39 is 74.6 Å². The van der Waals surface area contributed by atoms with E-state index in [0.717, 1.165) is 6.40 Å². The standard InChI is InChI=1S/C13H21NO10/c15-1-4-7(17)9(19)10(20)13(22-4)24-11-5(2-16)23-12-6(8(11)18)14-3-21-12/h3-13,15-20H,1-2H2/t4-,5-,6-,7-,8-,9+,10-,11-,12+,13+/m1/s1. The summed E-state index contributed by atoms with van der Waals surface area (Å²) in [6, 6.07) is -0.775. The molecule has 24 heavy (non-hydrogen) atoms. The lowest BCUT2D eigenvalue weighted by Gasteiger charge is -2.44. The van der Waals surface area contributed by atoms with Crippen molar-refractivity contribution in [2.45, 2.75) is 61.3 Å². The third-order valence-corrected chi connectivity index (χ3v) is 4.39. The zero-order valence-corrected chi connectivity index (χ0v) is 12.5. The second-order valence-corrected chi connectivity index (χ2v) is 5.90. The van der Waals surface area contributed by atoms with Crippen LogP contribution in [0.15, 0.2) is 4.99 Å². The van der Waals surface area contributed by atoms with Crippen LogP contribution in [0.3, 0.4) is 0 Å². The minimum absolute atomic E-state index is 0.508. The lowest BCUT2D eigenvalue weighted by molar-refractivity contribution is -0.341. The van der Waals surface area contributed by atoms with Gasteiger partial charge in [-0.05, 0) is 0 Å². The van der Waals surface area contributed by atoms with Crippen LogP contribution in [-0.4, -0.2) is 112 Å². The summed E-state index contributed by atoms with van der Waals surface area (Å²) < 4.78 is 21.2. The van der Waals surface area contributed by atoms with Gasteiger partial charge in [0.25, 0.3) is 0 Å². The summed E-state index contributed by atoms with van der Waals surface area (Å²) in [5, 5.41) is 58.5. The summed E-state index contributed by atoms with van der Waals surface area (Å²) in [6.07, 6.45) is -10.5. The molecule has 0 aromatic carbocycles. The molecule has 0 radical (unpaired) electrons. The molecular weight excluding hydrogens is 330 g/mol. The number of rotatable bonds is 4. The summed E-state index contributed by atoms with van der Waals surface area (Å²) in [5.41, 5.74) is 0. The first kappa shape index (κ1) is 17.9. The summed E-state index contributed by atoms with van der Waals surface area (Å²) in [5.74, 6) is 0. The molecule has 0 aliphatic carbocycles. The Balaban J connectivity index is 1.73. The van der Waals surface area contributed by atoms with Gasteiger partial charge >= 0.3 is 0 Å². The Morgan fingerprint density at radius 3 is 2.25 bits per heavy atom. The smallest absolute Gasteiger partial charge is 0.226 e. The molecule has 3 rings (SSSR count). The topological polar surface area (TPSA) is 171 Å². The summed E-state index contributed by atoms with van der Waals surface area (Å²) in [7, 11) is 0. The van der Waals surface area contributed by atoms with Crippen LogP contribution in [0.1, 0.15) is 0 Å². The predicted octanol–water partition coefficient (Wildman–Crippen LogP) is -4.32. The first-order valence-electron chi connectivity index (χ1n) is 7.55. The van der Waals surface area contributed by atoms with Crippen molar-refractivity contribution in [3.8, 4) is 0 Å². The summed E-state index contributed by atoms with van der Waals surface area (Å²) in [4.78, 5) is 3.91. The molecule has 11 nitrogen and oxygen atoms in total. The normalized spacial score (nSPS) is 51.2. The second-order valence-electron chi connectivity index (χ2n) is 5.90. The Kier molecular flexibility index (Phi) is 5.34. The Hall–Kier alpha value is -0.890. The number of nitrogens with zero attached hydrogens (tertiary/aromatic N) is 1. The van der Waals surface area contributed by atoms with E-state index in [0.29, 0.717) is 0 Å². The van der Waals surface area contributed by atoms with Gasteiger partial charge in [0.1, 0.15) is 48.8 Å². The van der Waals surface area contributed by atoms with Gasteiger partial charge in [-0.1, -0.05) is 0 Å². The Bertz CT molecular complexity index is 462. The Labute approximate surface area is 136 Å². The van der Waals surface area contributed by atoms with Crippen molar-refractivity contribution in [1.29, 1.82) is 0 Å². The van der Waals surface area contributed by atoms with E-state index in [1.807, 2.05) is 0 Å². The van der Waals surface area contributed by atoms with Crippen LogP contribution in [0, 0.1) is 0 Å². The number of hydrogen-bond donors (Lipinski definition) is 6. The molecule has 0 bridgehead atoms. The van der Waals surface area contributed by atoms with Gasteiger partial charge < -0.3 is 49.6 Å². The maximum atomic E-state index is 10.4. The highest BCUT2D eigenvalue weighted by atomic mass is 16.7. The van der Waals surface area contributed by atoms with Gasteiger partial charge in [0.15, 0.2) is 12.7 Å². The van der Waals surface area contributed by atoms with Crippen molar-refractivity contribution in [3.63, 3.8) is 0 Å². The highest BCUT2D eigenvalue weighted by molar-refractivity contribution is 5.50. The third-order valence-electron chi connectivity index (χ3n) is 4.39. The molecule has 0 saturated carbocycles. The lowest BCUT2D eigenvalue weighted by Crippen LogP contribution is -2.63. The van der Waals surface area contributed by atoms with Crippen molar-refractivity contribution >= 4 is 6.40 Å². The van der Waals surface area contributed by atoms with Gasteiger partial charge in [-0.15, -0.1) is 0 Å². The quantitative estimate of drug-likeness (QED) is 0.291. The largest absolute Gasteiger partial charge is 0.452 e. The number of hydrogen-bond acceptors (Lipinski definition) is 11. The minimum Gasteiger partial charge on any atom is -0.452 e. The second kappa shape index (κ2) is 7.15. The van der Waals surface area contributed by atoms with Crippen LogP contribution < -0.4 is 0 Å². The highest BCUT2D eigenvalue weighted by Gasteiger charge is 2.52. The molecule has 11 heteroatoms. The molecule has 0 aromatic rings. The maximum Gasteiger partial charge on any atom is 0.226 e. The summed E-state index contributed by atoms with van der Waals surface area (Å²) >= 11 is 0. The highest BCUT2D eigenvalue weighted by Crippen LogP contribution is 2.31. The van der Waals surface area contributed by atoms with E-state index >= 15 is 0 Å². The van der Waals surface area contributed by atoms with Crippen LogP contribution in [0.25, 0.3) is 0 Å². The van der Waals surface area contributed by atoms with Gasteiger partial charge in [0.05, 0.1) is 13.2 Å². The predicted molar refractivity (Wildman–Crippen MR) is 73.8 cm³/mol. The fraction of sp³-hybridized carbons (Fsp3) is 0.923. The number of aliphatic hydroxyl groups is 6. The molecule has 0 amide bonds. The Morgan fingerprint density at radius 1 is 0.875 bits per heavy atom. The third kappa shape index (κ3) is 3.03. The van der Waals surface area contributed by atoms with Crippen LogP contribution in [0.4, 0.5) is 0 Å². The molecule has 2 fully saturated rings. The molecule has 3 aliphatic heterocycles. The van der Waals surface area contributed by atoms with Crippen molar-refractivity contribution in [1.82, 2.24) is 0 Å². The van der Waals surface area contributed by atoms with Gasteiger partial charge in [-0.3, -0.25) is 0 Å². The van der Waals surface area contributed by atoms with E-state index in [1.165, 1.54) is 0 Å². The van der Waals surface area contributed by atoms with Gasteiger partial charge in [0, 0.05) is 0 Å². The first-order chi connectivity index (χ1) is 11.5. The molecule has 0 spiro atoms. The number of fused-ring (bicyclic) bond motifs is 1. The average Bonchev–Trinajstić information content (AvgIpc) is 3.05. The SMILES string of the molecule is OC[C@H]1O[C@@H](O[C@H]2[C@H](O)[C@H]3N=CO[C@H]3O[C@@H]2CO)[C@H](O)[C@@H](O)[C@@H]1O. The zero-order chi connectivity index (χ0) is 17.4. The lowest BCUT2D eigenvalue weighted by atomic mass is 9.96. The minimum atomic E-state index is -1.63. The molecule has 6 N–H and O–H groups in total. The molecule has 3 aliphatic rings. The van der Waals surface area contributed by atoms with Crippen LogP contribution in [-0.2, 0) is 18.9 Å². The van der Waals surface area contributed by atoms with Crippen molar-refractivity contribution in [2.75, 3.05) is 13.2 Å². The average molecular weight is 351 g/mol. The van der Waals surface area contributed by atoms with Gasteiger partial charge in [-0.25, -0.2) is 4.99 Å². The van der Waals surface area contributed by atoms with Gasteiger partial charge in [-0.2, -0.15) is 0 Å². The molecule has 2 saturated heterocycles. The van der Waals surface area contributed by atoms with Gasteiger partial charge in [0.2, 0.25) is 6.29 Å². The molecule has 10 atom stereocenters. The first-order valence-corrected chi connectivity index (χ1v) is 7.55. The monoisotopic (exact) mass is 351 g/mol. The number of aliphatic imine (C=N–C) groups is 1. The number of ether oxygens (including phenoxy) is 4. The fourth-order valence-electron chi connectivity index (χ4n) is 2.99. The van der Waals surface area contributed by atoms with E-state index in [4.69, 9.17) is 18.9 Å². The van der Waals surface area contributed by atoms with E-state index in [-0.39, 0.29) is 0 Å². The maximum absolute atomic E-state index is 10.4. The Morgan fingerprint density at radius 2 is 1.58 bits per heavy atom. The van der Waals surface area contributed by atoms with E-state index in [1.54, 1.807) is 0 Å². The molecular formula is C13H21NO10. The molecule has 0 aromatic heterocycles. The molecule has 138 valence electrons. The van der Waals surface area contributed by atoms with Crippen LogP contribution >= 0.6 is 0 Å². The zero-order valence-electron chi connectivity index (χ0n) is 12.5. The van der Waals surface area contributed by atoms with Crippen LogP contribution in [0.2, 0.25) is 0 Å². The summed E-state index contributed by atoms with van der Waals surface area (Å²) in [6.45, 7) is -1.12. The van der Waals surface area contributed by atoms with Crippen molar-refractivity contribution < 1.29 is 49.6 Å². The number of aliphatic hydroxyl groups excluding tert-OH is 6. The van der Waals surface area contributed by atoms with Crippen LogP contribution in [0.5, 0.6) is 0 Å².